The minimum Gasteiger partial charge on any atom is -0.352 e. The summed E-state index contributed by atoms with van der Waals surface area (Å²) in [5, 5.41) is 6.40. The highest BCUT2D eigenvalue weighted by molar-refractivity contribution is 5.78. The summed E-state index contributed by atoms with van der Waals surface area (Å²) >= 11 is 0. The van der Waals surface area contributed by atoms with E-state index in [1.165, 1.54) is 0 Å². The molecule has 0 radical (unpaired) electrons. The van der Waals surface area contributed by atoms with Gasteiger partial charge in [0.05, 0.1) is 6.54 Å². The fraction of sp³-hybridized carbons (Fsp3) is 0.923. The van der Waals surface area contributed by atoms with Crippen molar-refractivity contribution in [2.24, 2.45) is 5.92 Å². The zero-order chi connectivity index (χ0) is 12.8. The lowest BCUT2D eigenvalue weighted by molar-refractivity contribution is -0.123. The van der Waals surface area contributed by atoms with Crippen LogP contribution in [0.3, 0.4) is 0 Å². The van der Waals surface area contributed by atoms with Gasteiger partial charge in [-0.15, -0.1) is 0 Å². The predicted molar refractivity (Wildman–Crippen MR) is 71.0 cm³/mol. The van der Waals surface area contributed by atoms with Crippen molar-refractivity contribution in [3.05, 3.63) is 0 Å². The Hall–Kier alpha value is -0.610. The number of hydrogen-bond acceptors (Lipinski definition) is 3. The Bertz CT molecular complexity index is 237. The van der Waals surface area contributed by atoms with Crippen LogP contribution in [0.25, 0.3) is 0 Å². The number of carbonyl (C=O) groups is 1. The number of rotatable bonds is 5. The molecule has 4 nitrogen and oxygen atoms in total. The lowest BCUT2D eigenvalue weighted by atomic mass is 10.1. The van der Waals surface area contributed by atoms with Crippen molar-refractivity contribution in [3.63, 3.8) is 0 Å². The monoisotopic (exact) mass is 241 g/mol. The van der Waals surface area contributed by atoms with Gasteiger partial charge in [0.1, 0.15) is 0 Å². The van der Waals surface area contributed by atoms with E-state index in [1.54, 1.807) is 0 Å². The highest BCUT2D eigenvalue weighted by Crippen LogP contribution is 2.09. The molecule has 1 fully saturated rings. The van der Waals surface area contributed by atoms with Gasteiger partial charge < -0.3 is 10.6 Å². The molecule has 100 valence electrons. The van der Waals surface area contributed by atoms with Crippen molar-refractivity contribution < 1.29 is 4.79 Å². The van der Waals surface area contributed by atoms with Crippen LogP contribution in [-0.2, 0) is 4.79 Å². The molecule has 0 aromatic heterocycles. The molecule has 1 amide bonds. The summed E-state index contributed by atoms with van der Waals surface area (Å²) in [5.74, 6) is 0.635. The van der Waals surface area contributed by atoms with E-state index in [-0.39, 0.29) is 11.9 Å². The number of nitrogens with zero attached hydrogens (tertiary/aromatic N) is 1. The fourth-order valence-corrected chi connectivity index (χ4v) is 2.07. The highest BCUT2D eigenvalue weighted by Gasteiger charge is 2.20. The smallest absolute Gasteiger partial charge is 0.234 e. The minimum absolute atomic E-state index is 0.146. The average molecular weight is 241 g/mol. The number of carbonyl (C=O) groups excluding carboxylic acids is 1. The van der Waals surface area contributed by atoms with Gasteiger partial charge in [0.15, 0.2) is 0 Å². The van der Waals surface area contributed by atoms with Crippen LogP contribution in [0.2, 0.25) is 0 Å². The van der Waals surface area contributed by atoms with Gasteiger partial charge >= 0.3 is 0 Å². The largest absolute Gasteiger partial charge is 0.352 e. The van der Waals surface area contributed by atoms with E-state index in [0.29, 0.717) is 18.5 Å². The maximum Gasteiger partial charge on any atom is 0.234 e. The Labute approximate surface area is 105 Å². The first-order valence-electron chi connectivity index (χ1n) is 6.71. The van der Waals surface area contributed by atoms with Crippen LogP contribution >= 0.6 is 0 Å². The van der Waals surface area contributed by atoms with Crippen LogP contribution < -0.4 is 10.6 Å². The average Bonchev–Trinajstić information content (AvgIpc) is 2.29. The summed E-state index contributed by atoms with van der Waals surface area (Å²) in [6.45, 7) is 8.97. The van der Waals surface area contributed by atoms with E-state index in [9.17, 15) is 4.79 Å². The summed E-state index contributed by atoms with van der Waals surface area (Å²) in [6, 6.07) is 0.806. The highest BCUT2D eigenvalue weighted by atomic mass is 16.2. The topological polar surface area (TPSA) is 44.4 Å². The number of piperidine rings is 1. The van der Waals surface area contributed by atoms with Crippen LogP contribution in [0.1, 0.15) is 33.6 Å². The third kappa shape index (κ3) is 5.04. The molecule has 1 aliphatic heterocycles. The quantitative estimate of drug-likeness (QED) is 0.749. The summed E-state index contributed by atoms with van der Waals surface area (Å²) in [4.78, 5) is 14.0. The molecular formula is C13H27N3O. The molecule has 1 saturated heterocycles. The lowest BCUT2D eigenvalue weighted by Crippen LogP contribution is -2.47. The Morgan fingerprint density at radius 2 is 1.94 bits per heavy atom. The third-order valence-electron chi connectivity index (χ3n) is 3.71. The van der Waals surface area contributed by atoms with Crippen molar-refractivity contribution in [1.82, 2.24) is 15.5 Å². The number of nitrogens with one attached hydrogen (secondary N) is 2. The lowest BCUT2D eigenvalue weighted by Gasteiger charge is -2.31. The number of amides is 1. The summed E-state index contributed by atoms with van der Waals surface area (Å²) < 4.78 is 0. The Kier molecular flexibility index (Phi) is 5.92. The second-order valence-corrected chi connectivity index (χ2v) is 5.50. The Balaban J connectivity index is 2.29. The minimum atomic E-state index is 0.146. The second kappa shape index (κ2) is 6.97. The first kappa shape index (κ1) is 14.5. The first-order valence-corrected chi connectivity index (χ1v) is 6.71. The summed E-state index contributed by atoms with van der Waals surface area (Å²) in [7, 11) is 2.05. The molecule has 1 unspecified atom stereocenters. The van der Waals surface area contributed by atoms with Crippen LogP contribution in [0.5, 0.6) is 0 Å². The zero-order valence-electron chi connectivity index (χ0n) is 11.6. The van der Waals surface area contributed by atoms with Gasteiger partial charge in [-0.1, -0.05) is 13.8 Å². The van der Waals surface area contributed by atoms with Crippen LogP contribution in [0.15, 0.2) is 0 Å². The van der Waals surface area contributed by atoms with E-state index >= 15 is 0 Å². The van der Waals surface area contributed by atoms with Crippen molar-refractivity contribution in [2.45, 2.75) is 45.7 Å². The van der Waals surface area contributed by atoms with Gasteiger partial charge in [0.2, 0.25) is 5.91 Å². The summed E-state index contributed by atoms with van der Waals surface area (Å²) in [6.07, 6.45) is 2.28. The van der Waals surface area contributed by atoms with Crippen molar-refractivity contribution in [2.75, 3.05) is 26.7 Å². The molecule has 2 N–H and O–H groups in total. The second-order valence-electron chi connectivity index (χ2n) is 5.50. The van der Waals surface area contributed by atoms with E-state index in [1.807, 2.05) is 0 Å². The van der Waals surface area contributed by atoms with E-state index in [4.69, 9.17) is 0 Å². The standard InChI is InChI=1S/C13H27N3O/c1-10(2)11(3)15-13(17)9-16(4)12-5-7-14-8-6-12/h10-12,14H,5-9H2,1-4H3,(H,15,17). The van der Waals surface area contributed by atoms with Gasteiger partial charge in [0.25, 0.3) is 0 Å². The fourth-order valence-electron chi connectivity index (χ4n) is 2.07. The van der Waals surface area contributed by atoms with E-state index < -0.39 is 0 Å². The van der Waals surface area contributed by atoms with Gasteiger partial charge in [-0.05, 0) is 45.8 Å². The van der Waals surface area contributed by atoms with Crippen LogP contribution in [0.4, 0.5) is 0 Å². The molecule has 1 atom stereocenters. The molecule has 1 heterocycles. The zero-order valence-corrected chi connectivity index (χ0v) is 11.6. The maximum absolute atomic E-state index is 11.8. The van der Waals surface area contributed by atoms with Crippen molar-refractivity contribution in [1.29, 1.82) is 0 Å². The molecule has 0 aliphatic carbocycles. The number of likely N-dealkylation sites (N-methyl/N-ethyl adjacent to an activating group) is 1. The maximum atomic E-state index is 11.8. The molecule has 0 spiro atoms. The van der Waals surface area contributed by atoms with Crippen LogP contribution in [-0.4, -0.2) is 49.6 Å². The van der Waals surface area contributed by atoms with Crippen molar-refractivity contribution in [3.8, 4) is 0 Å². The molecule has 4 heteroatoms. The van der Waals surface area contributed by atoms with Gasteiger partial charge in [-0.3, -0.25) is 9.69 Å². The molecule has 0 bridgehead atoms. The Morgan fingerprint density at radius 3 is 2.47 bits per heavy atom. The SMILES string of the molecule is CC(C)C(C)NC(=O)CN(C)C1CCNCC1. The molecule has 0 aromatic rings. The molecular weight excluding hydrogens is 214 g/mol. The first-order chi connectivity index (χ1) is 8.00. The van der Waals surface area contributed by atoms with E-state index in [2.05, 4.69) is 43.4 Å². The predicted octanol–water partition coefficient (Wildman–Crippen LogP) is 0.831. The normalized spacial score (nSPS) is 19.6. The summed E-state index contributed by atoms with van der Waals surface area (Å²) in [5.41, 5.74) is 0. The van der Waals surface area contributed by atoms with Crippen LogP contribution in [0, 0.1) is 5.92 Å². The van der Waals surface area contributed by atoms with Gasteiger partial charge in [-0.2, -0.15) is 0 Å². The molecule has 1 aliphatic rings. The molecule has 1 rings (SSSR count). The van der Waals surface area contributed by atoms with Crippen molar-refractivity contribution >= 4 is 5.91 Å². The molecule has 0 aromatic carbocycles. The van der Waals surface area contributed by atoms with E-state index in [0.717, 1.165) is 25.9 Å². The molecule has 0 saturated carbocycles. The van der Waals surface area contributed by atoms with Gasteiger partial charge in [-0.25, -0.2) is 0 Å². The third-order valence-corrected chi connectivity index (χ3v) is 3.71. The molecule has 17 heavy (non-hydrogen) atoms. The number of hydrogen-bond donors (Lipinski definition) is 2. The van der Waals surface area contributed by atoms with Gasteiger partial charge in [0, 0.05) is 12.1 Å². The Morgan fingerprint density at radius 1 is 1.35 bits per heavy atom.